The van der Waals surface area contributed by atoms with Crippen LogP contribution < -0.4 is 0 Å². The first-order chi connectivity index (χ1) is 8.79. The van der Waals surface area contributed by atoms with Gasteiger partial charge in [0.15, 0.2) is 0 Å². The van der Waals surface area contributed by atoms with Crippen LogP contribution in [0.3, 0.4) is 0 Å². The Labute approximate surface area is 110 Å². The Morgan fingerprint density at radius 1 is 1.33 bits per heavy atom. The van der Waals surface area contributed by atoms with Crippen LogP contribution in [0.1, 0.15) is 39.0 Å². The topological polar surface area (TPSA) is 38.8 Å². The maximum atomic E-state index is 11.6. The standard InChI is InChI=1S/C14H25NO3/c1-2-17-14(16)12-5-8-15(9-6-12)10-7-13-4-3-11-18-13/h12-13H,2-11H2,1H3. The van der Waals surface area contributed by atoms with Gasteiger partial charge in [-0.25, -0.2) is 0 Å². The van der Waals surface area contributed by atoms with E-state index in [1.54, 1.807) is 0 Å². The van der Waals surface area contributed by atoms with Gasteiger partial charge >= 0.3 is 5.97 Å². The van der Waals surface area contributed by atoms with Crippen molar-refractivity contribution in [3.63, 3.8) is 0 Å². The van der Waals surface area contributed by atoms with E-state index in [2.05, 4.69) is 4.90 Å². The Morgan fingerprint density at radius 3 is 2.72 bits per heavy atom. The zero-order chi connectivity index (χ0) is 12.8. The van der Waals surface area contributed by atoms with Gasteiger partial charge in [-0.05, 0) is 52.1 Å². The first-order valence-electron chi connectivity index (χ1n) is 7.30. The molecule has 4 nitrogen and oxygen atoms in total. The van der Waals surface area contributed by atoms with Crippen LogP contribution in [0.5, 0.6) is 0 Å². The molecular formula is C14H25NO3. The first-order valence-corrected chi connectivity index (χ1v) is 7.30. The second-order valence-corrected chi connectivity index (χ2v) is 5.29. The molecule has 2 rings (SSSR count). The highest BCUT2D eigenvalue weighted by atomic mass is 16.5. The molecule has 2 saturated heterocycles. The zero-order valence-electron chi connectivity index (χ0n) is 11.4. The van der Waals surface area contributed by atoms with Gasteiger partial charge in [0.2, 0.25) is 0 Å². The first kappa shape index (κ1) is 13.8. The number of hydrogen-bond acceptors (Lipinski definition) is 4. The molecule has 0 amide bonds. The van der Waals surface area contributed by atoms with Crippen molar-refractivity contribution in [1.29, 1.82) is 0 Å². The molecule has 0 aromatic rings. The number of piperidine rings is 1. The number of esters is 1. The molecule has 0 saturated carbocycles. The molecule has 1 atom stereocenters. The van der Waals surface area contributed by atoms with Crippen LogP contribution in [0.15, 0.2) is 0 Å². The molecule has 4 heteroatoms. The summed E-state index contributed by atoms with van der Waals surface area (Å²) >= 11 is 0. The lowest BCUT2D eigenvalue weighted by atomic mass is 9.97. The maximum absolute atomic E-state index is 11.6. The third-order valence-electron chi connectivity index (χ3n) is 4.00. The third kappa shape index (κ3) is 3.95. The van der Waals surface area contributed by atoms with Gasteiger partial charge < -0.3 is 14.4 Å². The molecule has 0 aliphatic carbocycles. The van der Waals surface area contributed by atoms with E-state index in [0.29, 0.717) is 12.7 Å². The summed E-state index contributed by atoms with van der Waals surface area (Å²) in [6.45, 7) is 6.47. The Balaban J connectivity index is 1.62. The van der Waals surface area contributed by atoms with E-state index < -0.39 is 0 Å². The highest BCUT2D eigenvalue weighted by Crippen LogP contribution is 2.21. The number of carbonyl (C=O) groups is 1. The fourth-order valence-corrected chi connectivity index (χ4v) is 2.85. The predicted octanol–water partition coefficient (Wildman–Crippen LogP) is 1.83. The summed E-state index contributed by atoms with van der Waals surface area (Å²) in [4.78, 5) is 14.1. The summed E-state index contributed by atoms with van der Waals surface area (Å²) in [5.74, 6) is 0.125. The minimum Gasteiger partial charge on any atom is -0.466 e. The number of ether oxygens (including phenoxy) is 2. The molecule has 2 aliphatic heterocycles. The highest BCUT2D eigenvalue weighted by Gasteiger charge is 2.26. The van der Waals surface area contributed by atoms with Gasteiger partial charge in [-0.15, -0.1) is 0 Å². The van der Waals surface area contributed by atoms with Gasteiger partial charge in [0.05, 0.1) is 18.6 Å². The molecule has 0 bridgehead atoms. The van der Waals surface area contributed by atoms with Crippen LogP contribution in [-0.2, 0) is 14.3 Å². The molecule has 18 heavy (non-hydrogen) atoms. The Bertz CT molecular complexity index is 256. The number of rotatable bonds is 5. The number of carbonyl (C=O) groups excluding carboxylic acids is 1. The van der Waals surface area contributed by atoms with Crippen molar-refractivity contribution in [1.82, 2.24) is 4.90 Å². The lowest BCUT2D eigenvalue weighted by molar-refractivity contribution is -0.149. The number of hydrogen-bond donors (Lipinski definition) is 0. The summed E-state index contributed by atoms with van der Waals surface area (Å²) in [6.07, 6.45) is 5.96. The molecule has 0 radical (unpaired) electrons. The van der Waals surface area contributed by atoms with Crippen molar-refractivity contribution in [3.8, 4) is 0 Å². The van der Waals surface area contributed by atoms with E-state index in [1.165, 1.54) is 12.8 Å². The minimum absolute atomic E-state index is 0.00345. The minimum atomic E-state index is -0.00345. The Morgan fingerprint density at radius 2 is 2.11 bits per heavy atom. The van der Waals surface area contributed by atoms with Gasteiger partial charge in [-0.3, -0.25) is 4.79 Å². The lowest BCUT2D eigenvalue weighted by Gasteiger charge is -2.31. The van der Waals surface area contributed by atoms with E-state index in [0.717, 1.165) is 45.5 Å². The van der Waals surface area contributed by atoms with E-state index in [4.69, 9.17) is 9.47 Å². The molecular weight excluding hydrogens is 230 g/mol. The fourth-order valence-electron chi connectivity index (χ4n) is 2.85. The highest BCUT2D eigenvalue weighted by molar-refractivity contribution is 5.72. The Kier molecular flexibility index (Phi) is 5.45. The molecule has 2 heterocycles. The molecule has 104 valence electrons. The largest absolute Gasteiger partial charge is 0.466 e. The van der Waals surface area contributed by atoms with Gasteiger partial charge in [0.1, 0.15) is 0 Å². The van der Waals surface area contributed by atoms with E-state index >= 15 is 0 Å². The molecule has 0 aromatic carbocycles. The molecule has 0 spiro atoms. The summed E-state index contributed by atoms with van der Waals surface area (Å²) in [5, 5.41) is 0. The summed E-state index contributed by atoms with van der Waals surface area (Å²) in [7, 11) is 0. The quantitative estimate of drug-likeness (QED) is 0.703. The zero-order valence-corrected chi connectivity index (χ0v) is 11.4. The van der Waals surface area contributed by atoms with Gasteiger partial charge in [0, 0.05) is 13.2 Å². The predicted molar refractivity (Wildman–Crippen MR) is 69.4 cm³/mol. The van der Waals surface area contributed by atoms with Gasteiger partial charge in [-0.2, -0.15) is 0 Å². The molecule has 0 aromatic heterocycles. The van der Waals surface area contributed by atoms with Crippen molar-refractivity contribution in [2.75, 3.05) is 32.8 Å². The van der Waals surface area contributed by atoms with Crippen LogP contribution in [0.4, 0.5) is 0 Å². The normalized spacial score (nSPS) is 26.4. The van der Waals surface area contributed by atoms with Gasteiger partial charge in [0.25, 0.3) is 0 Å². The maximum Gasteiger partial charge on any atom is 0.309 e. The van der Waals surface area contributed by atoms with E-state index in [9.17, 15) is 4.79 Å². The van der Waals surface area contributed by atoms with Crippen molar-refractivity contribution in [2.24, 2.45) is 5.92 Å². The van der Waals surface area contributed by atoms with Crippen molar-refractivity contribution < 1.29 is 14.3 Å². The second kappa shape index (κ2) is 7.10. The molecule has 2 fully saturated rings. The van der Waals surface area contributed by atoms with E-state index in [1.807, 2.05) is 6.92 Å². The van der Waals surface area contributed by atoms with Crippen LogP contribution in [-0.4, -0.2) is 49.8 Å². The fraction of sp³-hybridized carbons (Fsp3) is 0.929. The lowest BCUT2D eigenvalue weighted by Crippen LogP contribution is -2.38. The summed E-state index contributed by atoms with van der Waals surface area (Å²) < 4.78 is 10.7. The summed E-state index contributed by atoms with van der Waals surface area (Å²) in [6, 6.07) is 0. The van der Waals surface area contributed by atoms with Crippen LogP contribution in [0.25, 0.3) is 0 Å². The smallest absolute Gasteiger partial charge is 0.309 e. The van der Waals surface area contributed by atoms with Crippen molar-refractivity contribution in [2.45, 2.75) is 45.1 Å². The average Bonchev–Trinajstić information content (AvgIpc) is 2.90. The van der Waals surface area contributed by atoms with Crippen LogP contribution in [0.2, 0.25) is 0 Å². The van der Waals surface area contributed by atoms with Crippen LogP contribution in [0, 0.1) is 5.92 Å². The second-order valence-electron chi connectivity index (χ2n) is 5.29. The molecule has 0 N–H and O–H groups in total. The average molecular weight is 255 g/mol. The Hall–Kier alpha value is -0.610. The van der Waals surface area contributed by atoms with Gasteiger partial charge in [-0.1, -0.05) is 0 Å². The SMILES string of the molecule is CCOC(=O)C1CCN(CCC2CCCO2)CC1. The summed E-state index contributed by atoms with van der Waals surface area (Å²) in [5.41, 5.74) is 0. The number of nitrogens with zero attached hydrogens (tertiary/aromatic N) is 1. The van der Waals surface area contributed by atoms with Crippen molar-refractivity contribution >= 4 is 5.97 Å². The molecule has 1 unspecified atom stereocenters. The monoisotopic (exact) mass is 255 g/mol. The van der Waals surface area contributed by atoms with Crippen LogP contribution >= 0.6 is 0 Å². The molecule has 2 aliphatic rings. The van der Waals surface area contributed by atoms with Crippen molar-refractivity contribution in [3.05, 3.63) is 0 Å². The van der Waals surface area contributed by atoms with E-state index in [-0.39, 0.29) is 11.9 Å². The third-order valence-corrected chi connectivity index (χ3v) is 4.00. The number of likely N-dealkylation sites (tertiary alicyclic amines) is 1.